The minimum Gasteiger partial charge on any atom is -0.396 e. The van der Waals surface area contributed by atoms with Crippen molar-refractivity contribution >= 4 is 0 Å². The van der Waals surface area contributed by atoms with Gasteiger partial charge in [-0.2, -0.15) is 0 Å². The molecule has 20 heavy (non-hydrogen) atoms. The Bertz CT molecular complexity index is 231. The van der Waals surface area contributed by atoms with Crippen molar-refractivity contribution in [3.8, 4) is 0 Å². The number of unbranched alkanes of at least 4 members (excludes halogenated alkanes) is 2. The van der Waals surface area contributed by atoms with Crippen LogP contribution in [-0.4, -0.2) is 63.1 Å². The Labute approximate surface area is 124 Å². The third-order valence-electron chi connectivity index (χ3n) is 4.13. The first-order chi connectivity index (χ1) is 9.72. The third kappa shape index (κ3) is 7.02. The first-order valence-corrected chi connectivity index (χ1v) is 8.30. The van der Waals surface area contributed by atoms with Crippen LogP contribution in [0, 0.1) is 5.41 Å². The van der Waals surface area contributed by atoms with Gasteiger partial charge in [0, 0.05) is 31.7 Å². The molecule has 1 saturated heterocycles. The largest absolute Gasteiger partial charge is 0.396 e. The zero-order valence-electron chi connectivity index (χ0n) is 13.5. The monoisotopic (exact) mass is 286 g/mol. The van der Waals surface area contributed by atoms with E-state index in [2.05, 4.69) is 24.2 Å². The molecule has 0 radical (unpaired) electrons. The average Bonchev–Trinajstić information content (AvgIpc) is 2.45. The lowest BCUT2D eigenvalue weighted by molar-refractivity contribution is -0.0227. The number of nitrogens with zero attached hydrogens (tertiary/aromatic N) is 1. The van der Waals surface area contributed by atoms with E-state index in [9.17, 15) is 0 Å². The smallest absolute Gasteiger partial charge is 0.0546 e. The van der Waals surface area contributed by atoms with Crippen LogP contribution in [-0.2, 0) is 4.74 Å². The summed E-state index contributed by atoms with van der Waals surface area (Å²) in [5.41, 5.74) is 0.291. The molecule has 1 aliphatic heterocycles. The number of rotatable bonds is 11. The maximum atomic E-state index is 8.82. The highest BCUT2D eigenvalue weighted by Gasteiger charge is 2.33. The molecule has 1 unspecified atom stereocenters. The lowest BCUT2D eigenvalue weighted by atomic mass is 9.81. The molecule has 4 nitrogen and oxygen atoms in total. The summed E-state index contributed by atoms with van der Waals surface area (Å²) < 4.78 is 5.76. The fourth-order valence-electron chi connectivity index (χ4n) is 3.08. The van der Waals surface area contributed by atoms with Crippen molar-refractivity contribution in [1.82, 2.24) is 10.2 Å². The molecule has 1 heterocycles. The van der Waals surface area contributed by atoms with Gasteiger partial charge in [0.15, 0.2) is 0 Å². The van der Waals surface area contributed by atoms with Gasteiger partial charge >= 0.3 is 0 Å². The van der Waals surface area contributed by atoms with E-state index in [-0.39, 0.29) is 0 Å². The summed E-state index contributed by atoms with van der Waals surface area (Å²) in [5, 5.41) is 12.4. The zero-order chi connectivity index (χ0) is 14.7. The maximum Gasteiger partial charge on any atom is 0.0546 e. The molecule has 4 heteroatoms. The molecular weight excluding hydrogens is 252 g/mol. The molecule has 0 aromatic rings. The number of ether oxygens (including phenoxy) is 1. The molecule has 0 aromatic heterocycles. The highest BCUT2D eigenvalue weighted by atomic mass is 16.5. The first-order valence-electron chi connectivity index (χ1n) is 8.30. The van der Waals surface area contributed by atoms with Crippen LogP contribution >= 0.6 is 0 Å². The Kier molecular flexibility index (Phi) is 9.44. The van der Waals surface area contributed by atoms with Crippen molar-refractivity contribution in [3.05, 3.63) is 0 Å². The molecule has 1 aliphatic rings. The Morgan fingerprint density at radius 1 is 1.30 bits per heavy atom. The minimum atomic E-state index is 0.291. The van der Waals surface area contributed by atoms with Crippen LogP contribution in [0.2, 0.25) is 0 Å². The van der Waals surface area contributed by atoms with Crippen LogP contribution in [0.5, 0.6) is 0 Å². The molecule has 120 valence electrons. The molecule has 1 fully saturated rings. The van der Waals surface area contributed by atoms with Gasteiger partial charge < -0.3 is 20.1 Å². The number of aliphatic hydroxyl groups is 1. The highest BCUT2D eigenvalue weighted by molar-refractivity contribution is 4.86. The minimum absolute atomic E-state index is 0.291. The molecule has 0 aliphatic carbocycles. The van der Waals surface area contributed by atoms with Gasteiger partial charge in [0.05, 0.1) is 6.61 Å². The van der Waals surface area contributed by atoms with Gasteiger partial charge in [-0.15, -0.1) is 0 Å². The van der Waals surface area contributed by atoms with Crippen LogP contribution in [0.4, 0.5) is 0 Å². The topological polar surface area (TPSA) is 44.7 Å². The molecule has 1 atom stereocenters. The van der Waals surface area contributed by atoms with Gasteiger partial charge in [-0.05, 0) is 58.7 Å². The summed E-state index contributed by atoms with van der Waals surface area (Å²) in [6, 6.07) is 0. The Morgan fingerprint density at radius 3 is 2.80 bits per heavy atom. The lowest BCUT2D eigenvalue weighted by Gasteiger charge is -2.40. The van der Waals surface area contributed by atoms with Gasteiger partial charge in [0.1, 0.15) is 0 Å². The van der Waals surface area contributed by atoms with Crippen LogP contribution in [0.25, 0.3) is 0 Å². The second-order valence-electron chi connectivity index (χ2n) is 6.35. The Balaban J connectivity index is 2.34. The van der Waals surface area contributed by atoms with Gasteiger partial charge in [-0.1, -0.05) is 6.92 Å². The molecule has 0 saturated carbocycles. The summed E-state index contributed by atoms with van der Waals surface area (Å²) in [6.45, 7) is 8.76. The van der Waals surface area contributed by atoms with Crippen molar-refractivity contribution in [2.24, 2.45) is 5.41 Å². The van der Waals surface area contributed by atoms with Gasteiger partial charge in [-0.3, -0.25) is 0 Å². The highest BCUT2D eigenvalue weighted by Crippen LogP contribution is 2.29. The summed E-state index contributed by atoms with van der Waals surface area (Å²) >= 11 is 0. The molecule has 0 spiro atoms. The number of aliphatic hydroxyl groups excluding tert-OH is 1. The van der Waals surface area contributed by atoms with Crippen molar-refractivity contribution in [2.75, 3.05) is 53.0 Å². The molecular formula is C16H34N2O2. The summed E-state index contributed by atoms with van der Waals surface area (Å²) in [4.78, 5) is 2.44. The maximum absolute atomic E-state index is 8.82. The van der Waals surface area contributed by atoms with E-state index in [4.69, 9.17) is 9.84 Å². The van der Waals surface area contributed by atoms with E-state index in [1.807, 2.05) is 0 Å². The van der Waals surface area contributed by atoms with Gasteiger partial charge in [0.25, 0.3) is 0 Å². The molecule has 0 bridgehead atoms. The van der Waals surface area contributed by atoms with E-state index >= 15 is 0 Å². The van der Waals surface area contributed by atoms with Crippen molar-refractivity contribution in [3.63, 3.8) is 0 Å². The summed E-state index contributed by atoms with van der Waals surface area (Å²) in [5.74, 6) is 0. The predicted octanol–water partition coefficient (Wildman–Crippen LogP) is 1.88. The van der Waals surface area contributed by atoms with Crippen LogP contribution in [0.15, 0.2) is 0 Å². The fraction of sp³-hybridized carbons (Fsp3) is 1.00. The standard InChI is InChI=1S/C16H34N2O2/c1-3-9-17-13-16(8-7-12-20-15-16)14-18(2)10-5-4-6-11-19/h17,19H,3-15H2,1-2H3. The SMILES string of the molecule is CCCNCC1(CN(C)CCCCCO)CCCOC1. The van der Waals surface area contributed by atoms with Crippen LogP contribution in [0.1, 0.15) is 45.4 Å². The van der Waals surface area contributed by atoms with Crippen molar-refractivity contribution < 1.29 is 9.84 Å². The molecule has 0 amide bonds. The van der Waals surface area contributed by atoms with Crippen LogP contribution in [0.3, 0.4) is 0 Å². The zero-order valence-corrected chi connectivity index (χ0v) is 13.5. The van der Waals surface area contributed by atoms with Gasteiger partial charge in [0.2, 0.25) is 0 Å². The summed E-state index contributed by atoms with van der Waals surface area (Å²) in [7, 11) is 2.22. The Hall–Kier alpha value is -0.160. The first kappa shape index (κ1) is 17.9. The van der Waals surface area contributed by atoms with Gasteiger partial charge in [-0.25, -0.2) is 0 Å². The quantitative estimate of drug-likeness (QED) is 0.569. The van der Waals surface area contributed by atoms with Crippen LogP contribution < -0.4 is 5.32 Å². The lowest BCUT2D eigenvalue weighted by Crippen LogP contribution is -2.48. The van der Waals surface area contributed by atoms with E-state index in [0.717, 1.165) is 52.2 Å². The van der Waals surface area contributed by atoms with Crippen molar-refractivity contribution in [2.45, 2.75) is 45.4 Å². The molecule has 1 rings (SSSR count). The molecule has 2 N–H and O–H groups in total. The Morgan fingerprint density at radius 2 is 2.15 bits per heavy atom. The predicted molar refractivity (Wildman–Crippen MR) is 84.1 cm³/mol. The number of hydrogen-bond acceptors (Lipinski definition) is 4. The third-order valence-corrected chi connectivity index (χ3v) is 4.13. The number of hydrogen-bond donors (Lipinski definition) is 2. The number of nitrogens with one attached hydrogen (secondary N) is 1. The van der Waals surface area contributed by atoms with E-state index in [0.29, 0.717) is 12.0 Å². The normalized spacial score (nSPS) is 23.4. The van der Waals surface area contributed by atoms with E-state index in [1.165, 1.54) is 25.7 Å². The van der Waals surface area contributed by atoms with Crippen molar-refractivity contribution in [1.29, 1.82) is 0 Å². The summed E-state index contributed by atoms with van der Waals surface area (Å²) in [6.07, 6.45) is 6.87. The second kappa shape index (κ2) is 10.6. The van der Waals surface area contributed by atoms with E-state index < -0.39 is 0 Å². The molecule has 0 aromatic carbocycles. The fourth-order valence-corrected chi connectivity index (χ4v) is 3.08. The average molecular weight is 286 g/mol. The van der Waals surface area contributed by atoms with E-state index in [1.54, 1.807) is 0 Å². The second-order valence-corrected chi connectivity index (χ2v) is 6.35.